The van der Waals surface area contributed by atoms with Gasteiger partial charge in [0.2, 0.25) is 5.95 Å². The van der Waals surface area contributed by atoms with Crippen molar-refractivity contribution in [2.24, 2.45) is 5.73 Å². The van der Waals surface area contributed by atoms with Gasteiger partial charge in [-0.1, -0.05) is 0 Å². The number of carbonyl (C=O) groups excluding carboxylic acids is 1. The van der Waals surface area contributed by atoms with Crippen molar-refractivity contribution in [2.75, 3.05) is 44.7 Å². The predicted octanol–water partition coefficient (Wildman–Crippen LogP) is 0.884. The molecule has 1 atom stereocenters. The maximum atomic E-state index is 12.5. The van der Waals surface area contributed by atoms with E-state index in [1.165, 1.54) is 0 Å². The number of likely N-dealkylation sites (tertiary alicyclic amines) is 1. The fraction of sp³-hybridized carbons (Fsp3) is 0.611. The number of nitrogens with two attached hydrogens (primary N) is 1. The molecule has 8 nitrogen and oxygen atoms in total. The minimum atomic E-state index is -0.295. The van der Waals surface area contributed by atoms with Crippen LogP contribution in [0.15, 0.2) is 24.3 Å². The first-order valence-corrected chi connectivity index (χ1v) is 9.19. The Kier molecular flexibility index (Phi) is 6.57. The van der Waals surface area contributed by atoms with Crippen molar-refractivity contribution in [3.8, 4) is 5.75 Å². The number of ether oxygens (including phenoxy) is 2. The highest BCUT2D eigenvalue weighted by atomic mass is 19.1. The van der Waals surface area contributed by atoms with Crippen LogP contribution < -0.4 is 15.4 Å². The van der Waals surface area contributed by atoms with Gasteiger partial charge >= 0.3 is 0 Å². The first kappa shape index (κ1) is 19.5. The molecule has 0 aliphatic carbocycles. The second kappa shape index (κ2) is 9.09. The van der Waals surface area contributed by atoms with E-state index < -0.39 is 0 Å². The Morgan fingerprint density at radius 2 is 2.00 bits per heavy atom. The summed E-state index contributed by atoms with van der Waals surface area (Å²) >= 11 is 0. The summed E-state index contributed by atoms with van der Waals surface area (Å²) in [5.74, 6) is 1.17. The summed E-state index contributed by atoms with van der Waals surface area (Å²) in [4.78, 5) is 24.4. The number of halogens is 1. The molecule has 3 rings (SSSR count). The van der Waals surface area contributed by atoms with E-state index in [0.29, 0.717) is 23.6 Å². The van der Waals surface area contributed by atoms with Gasteiger partial charge in [-0.3, -0.25) is 4.79 Å². The van der Waals surface area contributed by atoms with Crippen LogP contribution in [0.1, 0.15) is 19.3 Å². The van der Waals surface area contributed by atoms with Gasteiger partial charge in [0.1, 0.15) is 12.7 Å². The number of rotatable bonds is 7. The van der Waals surface area contributed by atoms with Crippen molar-refractivity contribution >= 4 is 11.9 Å². The van der Waals surface area contributed by atoms with Gasteiger partial charge in [0.15, 0.2) is 5.75 Å². The number of anilines is 1. The Balaban J connectivity index is 1.46. The van der Waals surface area contributed by atoms with Crippen molar-refractivity contribution in [1.29, 1.82) is 0 Å². The molecule has 2 saturated heterocycles. The number of hydrogen-bond acceptors (Lipinski definition) is 7. The molecule has 1 unspecified atom stereocenters. The third kappa shape index (κ3) is 4.92. The van der Waals surface area contributed by atoms with Gasteiger partial charge in [-0.05, 0) is 12.8 Å². The second-order valence-electron chi connectivity index (χ2n) is 6.84. The molecule has 0 spiro atoms. The van der Waals surface area contributed by atoms with E-state index in [1.54, 1.807) is 17.3 Å². The molecule has 2 aliphatic heterocycles. The lowest BCUT2D eigenvalue weighted by molar-refractivity contribution is -0.140. The summed E-state index contributed by atoms with van der Waals surface area (Å²) in [6.45, 7) is 2.48. The zero-order chi connectivity index (χ0) is 19.2. The van der Waals surface area contributed by atoms with Crippen LogP contribution in [-0.4, -0.2) is 72.8 Å². The van der Waals surface area contributed by atoms with E-state index in [1.807, 2.05) is 7.05 Å². The number of nitrogens with zero attached hydrogens (tertiary/aromatic N) is 4. The highest BCUT2D eigenvalue weighted by Crippen LogP contribution is 2.23. The third-order valence-electron chi connectivity index (χ3n) is 4.92. The lowest BCUT2D eigenvalue weighted by Crippen LogP contribution is -2.40. The molecule has 0 saturated carbocycles. The van der Waals surface area contributed by atoms with Crippen molar-refractivity contribution in [3.05, 3.63) is 24.3 Å². The molecule has 9 heteroatoms. The Morgan fingerprint density at radius 1 is 1.30 bits per heavy atom. The maximum absolute atomic E-state index is 12.5. The van der Waals surface area contributed by atoms with Crippen LogP contribution in [0.5, 0.6) is 5.75 Å². The SMILES string of the molecule is CN1CCC(OC2CCN(c3ncc(OC/C(=C/F)CN)cn3)CC2)C1=O. The molecule has 2 aliphatic rings. The largest absolute Gasteiger partial charge is 0.486 e. The Morgan fingerprint density at radius 3 is 2.56 bits per heavy atom. The van der Waals surface area contributed by atoms with Crippen LogP contribution in [0.25, 0.3) is 0 Å². The normalized spacial score (nSPS) is 21.8. The molecule has 1 aromatic heterocycles. The average molecular weight is 379 g/mol. The number of piperidine rings is 1. The zero-order valence-electron chi connectivity index (χ0n) is 15.5. The van der Waals surface area contributed by atoms with Crippen molar-refractivity contribution in [1.82, 2.24) is 14.9 Å². The van der Waals surface area contributed by atoms with Gasteiger partial charge in [0.05, 0.1) is 24.8 Å². The molecule has 2 fully saturated rings. The lowest BCUT2D eigenvalue weighted by atomic mass is 10.1. The highest BCUT2D eigenvalue weighted by Gasteiger charge is 2.33. The average Bonchev–Trinajstić information content (AvgIpc) is 3.02. The summed E-state index contributed by atoms with van der Waals surface area (Å²) in [7, 11) is 1.81. The Labute approximate surface area is 158 Å². The van der Waals surface area contributed by atoms with E-state index in [9.17, 15) is 9.18 Å². The van der Waals surface area contributed by atoms with Crippen LogP contribution in [0.2, 0.25) is 0 Å². The summed E-state index contributed by atoms with van der Waals surface area (Å²) in [5.41, 5.74) is 5.76. The van der Waals surface area contributed by atoms with Gasteiger partial charge in [0, 0.05) is 45.2 Å². The first-order chi connectivity index (χ1) is 13.1. The number of carbonyl (C=O) groups is 1. The van der Waals surface area contributed by atoms with Gasteiger partial charge in [0.25, 0.3) is 5.91 Å². The van der Waals surface area contributed by atoms with Crippen molar-refractivity contribution in [2.45, 2.75) is 31.5 Å². The van der Waals surface area contributed by atoms with E-state index >= 15 is 0 Å². The van der Waals surface area contributed by atoms with E-state index in [0.717, 1.165) is 38.9 Å². The predicted molar refractivity (Wildman–Crippen MR) is 98.1 cm³/mol. The molecular formula is C18H26FN5O3. The molecule has 148 valence electrons. The van der Waals surface area contributed by atoms with Crippen LogP contribution in [0.4, 0.5) is 10.3 Å². The van der Waals surface area contributed by atoms with Crippen LogP contribution in [0, 0.1) is 0 Å². The highest BCUT2D eigenvalue weighted by molar-refractivity contribution is 5.82. The van der Waals surface area contributed by atoms with Crippen LogP contribution in [-0.2, 0) is 9.53 Å². The first-order valence-electron chi connectivity index (χ1n) is 9.19. The topological polar surface area (TPSA) is 93.8 Å². The zero-order valence-corrected chi connectivity index (χ0v) is 15.5. The molecule has 2 N–H and O–H groups in total. The Bertz CT molecular complexity index is 661. The minimum absolute atomic E-state index is 0.0769. The molecule has 0 bridgehead atoms. The Hall–Kier alpha value is -2.26. The number of hydrogen-bond donors (Lipinski definition) is 1. The lowest BCUT2D eigenvalue weighted by Gasteiger charge is -2.32. The van der Waals surface area contributed by atoms with Gasteiger partial charge in [-0.2, -0.15) is 0 Å². The summed E-state index contributed by atoms with van der Waals surface area (Å²) in [6, 6.07) is 0. The molecule has 3 heterocycles. The number of aromatic nitrogens is 2. The molecular weight excluding hydrogens is 353 g/mol. The summed E-state index contributed by atoms with van der Waals surface area (Å²) in [6.07, 6.45) is 5.83. The second-order valence-corrected chi connectivity index (χ2v) is 6.84. The van der Waals surface area contributed by atoms with E-state index in [4.69, 9.17) is 15.2 Å². The molecule has 27 heavy (non-hydrogen) atoms. The van der Waals surface area contributed by atoms with Crippen molar-refractivity contribution < 1.29 is 18.7 Å². The molecule has 0 radical (unpaired) electrons. The smallest absolute Gasteiger partial charge is 0.251 e. The summed E-state index contributed by atoms with van der Waals surface area (Å²) in [5, 5.41) is 0. The number of likely N-dealkylation sites (N-methyl/N-ethyl adjacent to an activating group) is 1. The molecule has 1 amide bonds. The fourth-order valence-electron chi connectivity index (χ4n) is 3.20. The molecule has 0 aromatic carbocycles. The van der Waals surface area contributed by atoms with Crippen LogP contribution >= 0.6 is 0 Å². The quantitative estimate of drug-likeness (QED) is 0.752. The maximum Gasteiger partial charge on any atom is 0.251 e. The standard InChI is InChI=1S/C18H26FN5O3/c1-23-5-4-16(17(23)25)27-14-2-6-24(7-3-14)18-21-10-15(11-22-18)26-12-13(8-19)9-20/h8,10-11,14,16H,2-7,9,12,20H2,1H3/b13-8+. The van der Waals surface area contributed by atoms with E-state index in [2.05, 4.69) is 14.9 Å². The van der Waals surface area contributed by atoms with Gasteiger partial charge in [-0.25, -0.2) is 14.4 Å². The number of amides is 1. The fourth-order valence-corrected chi connectivity index (χ4v) is 3.20. The van der Waals surface area contributed by atoms with Gasteiger partial charge < -0.3 is 25.0 Å². The van der Waals surface area contributed by atoms with Crippen LogP contribution in [0.3, 0.4) is 0 Å². The van der Waals surface area contributed by atoms with Crippen molar-refractivity contribution in [3.63, 3.8) is 0 Å². The monoisotopic (exact) mass is 379 g/mol. The van der Waals surface area contributed by atoms with Gasteiger partial charge in [-0.15, -0.1) is 0 Å². The minimum Gasteiger partial charge on any atom is -0.486 e. The molecule has 1 aromatic rings. The third-order valence-corrected chi connectivity index (χ3v) is 4.92. The summed E-state index contributed by atoms with van der Waals surface area (Å²) < 4.78 is 23.9. The van der Waals surface area contributed by atoms with E-state index in [-0.39, 0.29) is 31.3 Å².